The summed E-state index contributed by atoms with van der Waals surface area (Å²) < 4.78 is 5.17. The highest BCUT2D eigenvalue weighted by molar-refractivity contribution is 5.75. The van der Waals surface area contributed by atoms with Crippen LogP contribution in [0.3, 0.4) is 0 Å². The van der Waals surface area contributed by atoms with Crippen LogP contribution in [-0.2, 0) is 11.2 Å². The lowest BCUT2D eigenvalue weighted by molar-refractivity contribution is -0.133. The van der Waals surface area contributed by atoms with E-state index in [1.165, 1.54) is 0 Å². The van der Waals surface area contributed by atoms with Crippen LogP contribution in [0.4, 0.5) is 0 Å². The SMILES string of the molecule is O=C(Cc1cc[c]cc1)Oc1ccccc1. The number of carbonyl (C=O) groups excluding carboxylic acids is 1. The van der Waals surface area contributed by atoms with Gasteiger partial charge in [-0.1, -0.05) is 42.5 Å². The Morgan fingerprint density at radius 2 is 1.75 bits per heavy atom. The van der Waals surface area contributed by atoms with E-state index in [0.29, 0.717) is 5.75 Å². The molecule has 79 valence electrons. The van der Waals surface area contributed by atoms with E-state index in [2.05, 4.69) is 6.07 Å². The predicted octanol–water partition coefficient (Wildman–Crippen LogP) is 2.63. The van der Waals surface area contributed by atoms with E-state index in [0.717, 1.165) is 5.56 Å². The zero-order chi connectivity index (χ0) is 11.2. The zero-order valence-corrected chi connectivity index (χ0v) is 8.72. The number of esters is 1. The Balaban J connectivity index is 1.95. The number of carbonyl (C=O) groups is 1. The predicted molar refractivity (Wildman–Crippen MR) is 61.1 cm³/mol. The molecule has 1 radical (unpaired) electrons. The van der Waals surface area contributed by atoms with Crippen molar-refractivity contribution >= 4 is 5.97 Å². The number of ether oxygens (including phenoxy) is 1. The molecule has 0 aliphatic carbocycles. The third kappa shape index (κ3) is 2.95. The van der Waals surface area contributed by atoms with Gasteiger partial charge in [-0.2, -0.15) is 0 Å². The summed E-state index contributed by atoms with van der Waals surface area (Å²) in [5, 5.41) is 0. The maximum Gasteiger partial charge on any atom is 0.315 e. The number of rotatable bonds is 3. The fourth-order valence-corrected chi connectivity index (χ4v) is 1.36. The summed E-state index contributed by atoms with van der Waals surface area (Å²) in [5.74, 6) is 0.326. The molecule has 0 amide bonds. The average molecular weight is 211 g/mol. The van der Waals surface area contributed by atoms with E-state index in [4.69, 9.17) is 4.74 Å². The normalized spacial score (nSPS) is 9.75. The van der Waals surface area contributed by atoms with Crippen LogP contribution in [0.15, 0.2) is 54.6 Å². The molecule has 0 saturated heterocycles. The second-order valence-electron chi connectivity index (χ2n) is 3.37. The van der Waals surface area contributed by atoms with Gasteiger partial charge in [0.15, 0.2) is 0 Å². The Hall–Kier alpha value is -2.09. The van der Waals surface area contributed by atoms with Gasteiger partial charge in [0.2, 0.25) is 0 Å². The van der Waals surface area contributed by atoms with Crippen LogP contribution in [0.25, 0.3) is 0 Å². The van der Waals surface area contributed by atoms with Crippen molar-refractivity contribution in [3.63, 3.8) is 0 Å². The van der Waals surface area contributed by atoms with E-state index in [-0.39, 0.29) is 12.4 Å². The van der Waals surface area contributed by atoms with E-state index >= 15 is 0 Å². The first-order valence-electron chi connectivity index (χ1n) is 5.05. The standard InChI is InChI=1S/C14H11O2/c15-14(11-12-7-3-1-4-8-12)16-13-9-5-2-6-10-13/h2-10H,11H2. The van der Waals surface area contributed by atoms with Crippen LogP contribution < -0.4 is 4.74 Å². The summed E-state index contributed by atoms with van der Waals surface area (Å²) in [4.78, 5) is 11.5. The Bertz CT molecular complexity index is 405. The number of benzene rings is 2. The van der Waals surface area contributed by atoms with Crippen LogP contribution in [-0.4, -0.2) is 5.97 Å². The minimum Gasteiger partial charge on any atom is -0.426 e. The lowest BCUT2D eigenvalue weighted by Crippen LogP contribution is -2.10. The van der Waals surface area contributed by atoms with E-state index in [1.807, 2.05) is 30.3 Å². The summed E-state index contributed by atoms with van der Waals surface area (Å²) in [6, 6.07) is 19.2. The molecule has 0 aliphatic heterocycles. The van der Waals surface area contributed by atoms with Crippen molar-refractivity contribution in [2.24, 2.45) is 0 Å². The molecule has 0 unspecified atom stereocenters. The van der Waals surface area contributed by atoms with Gasteiger partial charge in [-0.05, 0) is 23.8 Å². The third-order valence-corrected chi connectivity index (χ3v) is 2.11. The van der Waals surface area contributed by atoms with Crippen LogP contribution in [0.2, 0.25) is 0 Å². The molecule has 0 aromatic heterocycles. The lowest BCUT2D eigenvalue weighted by Gasteiger charge is -2.03. The summed E-state index contributed by atoms with van der Waals surface area (Å²) >= 11 is 0. The molecule has 0 spiro atoms. The largest absolute Gasteiger partial charge is 0.426 e. The molecular formula is C14H11O2. The van der Waals surface area contributed by atoms with Crippen molar-refractivity contribution < 1.29 is 9.53 Å². The second kappa shape index (κ2) is 5.12. The number of para-hydroxylation sites is 1. The summed E-state index contributed by atoms with van der Waals surface area (Å²) in [5.41, 5.74) is 0.930. The molecule has 2 heteroatoms. The topological polar surface area (TPSA) is 26.3 Å². The van der Waals surface area contributed by atoms with Gasteiger partial charge in [0.05, 0.1) is 6.42 Å². The Kier molecular flexibility index (Phi) is 3.34. The molecular weight excluding hydrogens is 200 g/mol. The first kappa shape index (κ1) is 10.4. The van der Waals surface area contributed by atoms with Gasteiger partial charge in [0.25, 0.3) is 0 Å². The van der Waals surface area contributed by atoms with Gasteiger partial charge in [0.1, 0.15) is 5.75 Å². The van der Waals surface area contributed by atoms with Gasteiger partial charge in [0, 0.05) is 0 Å². The molecule has 2 aromatic carbocycles. The molecule has 0 fully saturated rings. The number of hydrogen-bond acceptors (Lipinski definition) is 2. The average Bonchev–Trinajstić information content (AvgIpc) is 2.31. The second-order valence-corrected chi connectivity index (χ2v) is 3.37. The van der Waals surface area contributed by atoms with E-state index in [9.17, 15) is 4.79 Å². The van der Waals surface area contributed by atoms with Crippen molar-refractivity contribution in [1.29, 1.82) is 0 Å². The first-order chi connectivity index (χ1) is 7.84. The maximum absolute atomic E-state index is 11.5. The van der Waals surface area contributed by atoms with Crippen molar-refractivity contribution in [3.8, 4) is 5.75 Å². The summed E-state index contributed by atoms with van der Waals surface area (Å²) in [6.07, 6.45) is 0.281. The van der Waals surface area contributed by atoms with Crippen molar-refractivity contribution in [2.75, 3.05) is 0 Å². The van der Waals surface area contributed by atoms with Gasteiger partial charge in [-0.25, -0.2) is 0 Å². The molecule has 0 saturated carbocycles. The van der Waals surface area contributed by atoms with Crippen molar-refractivity contribution in [3.05, 3.63) is 66.2 Å². The fourth-order valence-electron chi connectivity index (χ4n) is 1.36. The smallest absolute Gasteiger partial charge is 0.315 e. The molecule has 0 atom stereocenters. The van der Waals surface area contributed by atoms with Crippen molar-refractivity contribution in [2.45, 2.75) is 6.42 Å². The van der Waals surface area contributed by atoms with Crippen molar-refractivity contribution in [1.82, 2.24) is 0 Å². The van der Waals surface area contributed by atoms with Crippen LogP contribution in [0.5, 0.6) is 5.75 Å². The quantitative estimate of drug-likeness (QED) is 0.576. The molecule has 2 nitrogen and oxygen atoms in total. The molecule has 0 heterocycles. The van der Waals surface area contributed by atoms with Gasteiger partial charge in [-0.3, -0.25) is 4.79 Å². The van der Waals surface area contributed by atoms with Gasteiger partial charge < -0.3 is 4.74 Å². The van der Waals surface area contributed by atoms with Crippen LogP contribution >= 0.6 is 0 Å². The molecule has 2 rings (SSSR count). The first-order valence-corrected chi connectivity index (χ1v) is 5.05. The van der Waals surface area contributed by atoms with E-state index in [1.54, 1.807) is 24.3 Å². The molecule has 2 aromatic rings. The van der Waals surface area contributed by atoms with Gasteiger partial charge in [-0.15, -0.1) is 0 Å². The van der Waals surface area contributed by atoms with Crippen LogP contribution in [0.1, 0.15) is 5.56 Å². The minimum atomic E-state index is -0.252. The molecule has 0 N–H and O–H groups in total. The minimum absolute atomic E-state index is 0.252. The zero-order valence-electron chi connectivity index (χ0n) is 8.72. The highest BCUT2D eigenvalue weighted by Gasteiger charge is 2.05. The molecule has 0 aliphatic rings. The summed E-state index contributed by atoms with van der Waals surface area (Å²) in [6.45, 7) is 0. The Labute approximate surface area is 94.5 Å². The summed E-state index contributed by atoms with van der Waals surface area (Å²) in [7, 11) is 0. The fraction of sp³-hybridized carbons (Fsp3) is 0.0714. The maximum atomic E-state index is 11.5. The number of hydrogen-bond donors (Lipinski definition) is 0. The lowest BCUT2D eigenvalue weighted by atomic mass is 10.2. The Morgan fingerprint density at radius 3 is 2.44 bits per heavy atom. The van der Waals surface area contributed by atoms with E-state index < -0.39 is 0 Å². The Morgan fingerprint density at radius 1 is 1.06 bits per heavy atom. The monoisotopic (exact) mass is 211 g/mol. The highest BCUT2D eigenvalue weighted by Crippen LogP contribution is 2.10. The molecule has 16 heavy (non-hydrogen) atoms. The molecule has 0 bridgehead atoms. The van der Waals surface area contributed by atoms with Crippen LogP contribution in [0, 0.1) is 6.07 Å². The highest BCUT2D eigenvalue weighted by atomic mass is 16.5. The van der Waals surface area contributed by atoms with Gasteiger partial charge >= 0.3 is 5.97 Å². The third-order valence-electron chi connectivity index (χ3n) is 2.11.